The molecule has 0 radical (unpaired) electrons. The number of carboxylic acids is 1. The molecule has 0 bridgehead atoms. The lowest BCUT2D eigenvalue weighted by atomic mass is 10.1. The molecule has 0 aliphatic carbocycles. The smallest absolute Gasteiger partial charge is 0.319 e. The highest BCUT2D eigenvalue weighted by molar-refractivity contribution is 5.89. The van der Waals surface area contributed by atoms with Gasteiger partial charge in [-0.05, 0) is 30.9 Å². The molecule has 0 heterocycles. The highest BCUT2D eigenvalue weighted by Crippen LogP contribution is 2.12. The van der Waals surface area contributed by atoms with E-state index in [1.165, 1.54) is 0 Å². The number of nitrogens with one attached hydrogen (secondary N) is 2. The van der Waals surface area contributed by atoms with E-state index in [0.717, 1.165) is 11.3 Å². The van der Waals surface area contributed by atoms with E-state index >= 15 is 0 Å². The number of carbonyl (C=O) groups excluding carboxylic acids is 1. The van der Waals surface area contributed by atoms with Gasteiger partial charge in [0.1, 0.15) is 0 Å². The zero-order chi connectivity index (χ0) is 14.3. The molecule has 1 aromatic carbocycles. The van der Waals surface area contributed by atoms with Crippen molar-refractivity contribution in [1.29, 1.82) is 0 Å². The number of carboxylic acid groups (broad SMARTS) is 1. The first-order valence-corrected chi connectivity index (χ1v) is 6.31. The Kier molecular flexibility index (Phi) is 5.85. The number of carbonyl (C=O) groups is 2. The van der Waals surface area contributed by atoms with Gasteiger partial charge in [-0.25, -0.2) is 4.79 Å². The Morgan fingerprint density at radius 2 is 2.00 bits per heavy atom. The van der Waals surface area contributed by atoms with Gasteiger partial charge in [-0.15, -0.1) is 0 Å². The molecule has 1 rings (SSSR count). The summed E-state index contributed by atoms with van der Waals surface area (Å²) in [7, 11) is 0. The highest BCUT2D eigenvalue weighted by Gasteiger charge is 2.08. The summed E-state index contributed by atoms with van der Waals surface area (Å²) in [5.74, 6) is -0.671. The van der Waals surface area contributed by atoms with Gasteiger partial charge in [0.2, 0.25) is 0 Å². The summed E-state index contributed by atoms with van der Waals surface area (Å²) >= 11 is 0. The van der Waals surface area contributed by atoms with Crippen LogP contribution in [0.4, 0.5) is 10.5 Å². The van der Waals surface area contributed by atoms with Crippen LogP contribution in [0.25, 0.3) is 0 Å². The molecule has 0 spiro atoms. The van der Waals surface area contributed by atoms with Crippen LogP contribution in [0.5, 0.6) is 0 Å². The molecule has 0 saturated heterocycles. The number of urea groups is 1. The number of para-hydroxylation sites is 1. The normalized spacial score (nSPS) is 11.7. The number of aryl methyl sites for hydroxylation is 1. The van der Waals surface area contributed by atoms with Crippen molar-refractivity contribution in [3.63, 3.8) is 0 Å². The predicted molar refractivity (Wildman–Crippen MR) is 74.2 cm³/mol. The minimum atomic E-state index is -0.809. The van der Waals surface area contributed by atoms with Crippen molar-refractivity contribution in [3.8, 4) is 0 Å². The predicted octanol–water partition coefficient (Wildman–Crippen LogP) is 2.62. The van der Waals surface area contributed by atoms with Gasteiger partial charge in [-0.1, -0.05) is 25.1 Å². The molecule has 1 aromatic rings. The average Bonchev–Trinajstić information content (AvgIpc) is 2.36. The summed E-state index contributed by atoms with van der Waals surface area (Å²) in [6, 6.07) is 7.26. The van der Waals surface area contributed by atoms with Crippen molar-refractivity contribution in [1.82, 2.24) is 5.32 Å². The van der Waals surface area contributed by atoms with E-state index in [-0.39, 0.29) is 18.4 Å². The van der Waals surface area contributed by atoms with Crippen LogP contribution in [-0.2, 0) is 4.79 Å². The summed E-state index contributed by atoms with van der Waals surface area (Å²) in [6.45, 7) is 4.30. The Balaban J connectivity index is 2.32. The van der Waals surface area contributed by atoms with E-state index < -0.39 is 5.97 Å². The maximum absolute atomic E-state index is 11.7. The van der Waals surface area contributed by atoms with Gasteiger partial charge in [0.15, 0.2) is 0 Å². The molecule has 0 aliphatic rings. The minimum absolute atomic E-state index is 0.127. The monoisotopic (exact) mass is 264 g/mol. The minimum Gasteiger partial charge on any atom is -0.481 e. The standard InChI is InChI=1S/C14H20N2O3/c1-10(7-8-13(17)18)9-15-14(19)16-12-6-4-3-5-11(12)2/h3-6,10H,7-9H2,1-2H3,(H,17,18)(H2,15,16,19). The van der Waals surface area contributed by atoms with Crippen LogP contribution >= 0.6 is 0 Å². The number of amides is 2. The third-order valence-electron chi connectivity index (χ3n) is 2.86. The Labute approximate surface area is 113 Å². The molecule has 2 amide bonds. The van der Waals surface area contributed by atoms with Crippen molar-refractivity contribution in [2.24, 2.45) is 5.92 Å². The van der Waals surface area contributed by atoms with Gasteiger partial charge in [0.05, 0.1) is 0 Å². The number of anilines is 1. The van der Waals surface area contributed by atoms with Gasteiger partial charge in [-0.2, -0.15) is 0 Å². The summed E-state index contributed by atoms with van der Waals surface area (Å²) in [4.78, 5) is 22.1. The lowest BCUT2D eigenvalue weighted by Gasteiger charge is -2.13. The Bertz CT molecular complexity index is 446. The van der Waals surface area contributed by atoms with Gasteiger partial charge in [0.25, 0.3) is 0 Å². The first-order chi connectivity index (χ1) is 8.99. The molecule has 3 N–H and O–H groups in total. The van der Waals surface area contributed by atoms with Gasteiger partial charge >= 0.3 is 12.0 Å². The number of benzene rings is 1. The second-order valence-electron chi connectivity index (χ2n) is 4.69. The molecule has 19 heavy (non-hydrogen) atoms. The SMILES string of the molecule is Cc1ccccc1NC(=O)NCC(C)CCC(=O)O. The van der Waals surface area contributed by atoms with E-state index in [1.54, 1.807) is 0 Å². The van der Waals surface area contributed by atoms with E-state index in [0.29, 0.717) is 13.0 Å². The topological polar surface area (TPSA) is 78.4 Å². The van der Waals surface area contributed by atoms with Crippen molar-refractivity contribution < 1.29 is 14.7 Å². The number of hydrogen-bond donors (Lipinski definition) is 3. The molecule has 0 aromatic heterocycles. The fourth-order valence-electron chi connectivity index (χ4n) is 1.62. The lowest BCUT2D eigenvalue weighted by molar-refractivity contribution is -0.137. The molecule has 1 atom stereocenters. The third kappa shape index (κ3) is 5.90. The number of aliphatic carboxylic acids is 1. The molecule has 104 valence electrons. The molecule has 5 heteroatoms. The summed E-state index contributed by atoms with van der Waals surface area (Å²) in [6.07, 6.45) is 0.683. The molecule has 1 unspecified atom stereocenters. The largest absolute Gasteiger partial charge is 0.481 e. The van der Waals surface area contributed by atoms with Crippen LogP contribution in [0.15, 0.2) is 24.3 Å². The van der Waals surface area contributed by atoms with Gasteiger partial charge < -0.3 is 15.7 Å². The van der Waals surface area contributed by atoms with Crippen molar-refractivity contribution in [2.75, 3.05) is 11.9 Å². The molecule has 5 nitrogen and oxygen atoms in total. The summed E-state index contributed by atoms with van der Waals surface area (Å²) in [5, 5.41) is 14.1. The fourth-order valence-corrected chi connectivity index (χ4v) is 1.62. The second kappa shape index (κ2) is 7.41. The van der Waals surface area contributed by atoms with E-state index in [4.69, 9.17) is 5.11 Å². The van der Waals surface area contributed by atoms with Crippen LogP contribution in [0, 0.1) is 12.8 Å². The summed E-state index contributed by atoms with van der Waals surface area (Å²) in [5.41, 5.74) is 1.77. The van der Waals surface area contributed by atoms with Gasteiger partial charge in [-0.3, -0.25) is 4.79 Å². The van der Waals surface area contributed by atoms with Crippen LogP contribution in [-0.4, -0.2) is 23.7 Å². The molecular formula is C14H20N2O3. The van der Waals surface area contributed by atoms with Crippen molar-refractivity contribution in [3.05, 3.63) is 29.8 Å². The molecule has 0 aliphatic heterocycles. The van der Waals surface area contributed by atoms with Crippen molar-refractivity contribution in [2.45, 2.75) is 26.7 Å². The van der Waals surface area contributed by atoms with Crippen molar-refractivity contribution >= 4 is 17.7 Å². The Morgan fingerprint density at radius 1 is 1.32 bits per heavy atom. The fraction of sp³-hybridized carbons (Fsp3) is 0.429. The van der Waals surface area contributed by atoms with Crippen LogP contribution in [0.2, 0.25) is 0 Å². The van der Waals surface area contributed by atoms with Crippen LogP contribution < -0.4 is 10.6 Å². The number of hydrogen-bond acceptors (Lipinski definition) is 2. The van der Waals surface area contributed by atoms with E-state index in [1.807, 2.05) is 38.1 Å². The van der Waals surface area contributed by atoms with Crippen LogP contribution in [0.3, 0.4) is 0 Å². The highest BCUT2D eigenvalue weighted by atomic mass is 16.4. The quantitative estimate of drug-likeness (QED) is 0.739. The van der Waals surface area contributed by atoms with E-state index in [9.17, 15) is 9.59 Å². The first kappa shape index (κ1) is 15.0. The summed E-state index contributed by atoms with van der Waals surface area (Å²) < 4.78 is 0. The molecular weight excluding hydrogens is 244 g/mol. The Hall–Kier alpha value is -2.04. The zero-order valence-corrected chi connectivity index (χ0v) is 11.3. The maximum atomic E-state index is 11.7. The maximum Gasteiger partial charge on any atom is 0.319 e. The van der Waals surface area contributed by atoms with Gasteiger partial charge in [0, 0.05) is 18.7 Å². The van der Waals surface area contributed by atoms with E-state index in [2.05, 4.69) is 10.6 Å². The lowest BCUT2D eigenvalue weighted by Crippen LogP contribution is -2.32. The first-order valence-electron chi connectivity index (χ1n) is 6.31. The second-order valence-corrected chi connectivity index (χ2v) is 4.69. The van der Waals surface area contributed by atoms with Crippen LogP contribution in [0.1, 0.15) is 25.3 Å². The zero-order valence-electron chi connectivity index (χ0n) is 11.3. The average molecular weight is 264 g/mol. The number of rotatable bonds is 6. The molecule has 0 saturated carbocycles. The third-order valence-corrected chi connectivity index (χ3v) is 2.86. The Morgan fingerprint density at radius 3 is 2.63 bits per heavy atom. The molecule has 0 fully saturated rings.